The Balaban J connectivity index is 1.91. The number of aromatic nitrogens is 1. The molecule has 1 unspecified atom stereocenters. The van der Waals surface area contributed by atoms with Crippen LogP contribution in [0.5, 0.6) is 0 Å². The number of aryl methyl sites for hydroxylation is 1. The van der Waals surface area contributed by atoms with Crippen molar-refractivity contribution in [1.29, 1.82) is 0 Å². The highest BCUT2D eigenvalue weighted by Crippen LogP contribution is 2.35. The van der Waals surface area contributed by atoms with Gasteiger partial charge in [0.15, 0.2) is 5.13 Å². The molecule has 118 valence electrons. The van der Waals surface area contributed by atoms with E-state index in [1.807, 2.05) is 13.0 Å². The number of fused-ring (bicyclic) bond motifs is 1. The minimum Gasteiger partial charge on any atom is -0.288 e. The fraction of sp³-hybridized carbons (Fsp3) is 0.385. The second-order valence-electron chi connectivity index (χ2n) is 5.42. The topological polar surface area (TPSA) is 93.4 Å². The normalized spacial score (nSPS) is 19.3. The van der Waals surface area contributed by atoms with Crippen LogP contribution in [0.15, 0.2) is 12.1 Å². The molecule has 0 aliphatic carbocycles. The molecule has 1 aliphatic rings. The summed E-state index contributed by atoms with van der Waals surface area (Å²) in [5.41, 5.74) is 1.64. The summed E-state index contributed by atoms with van der Waals surface area (Å²) < 4.78 is 23.3. The molecule has 0 saturated carbocycles. The van der Waals surface area contributed by atoms with Gasteiger partial charge < -0.3 is 0 Å². The second-order valence-corrected chi connectivity index (χ2v) is 8.49. The average Bonchev–Trinajstić information content (AvgIpc) is 2.96. The monoisotopic (exact) mass is 359 g/mol. The van der Waals surface area contributed by atoms with E-state index >= 15 is 0 Å². The predicted molar refractivity (Wildman–Crippen MR) is 87.8 cm³/mol. The summed E-state index contributed by atoms with van der Waals surface area (Å²) in [4.78, 5) is 18.2. The number of anilines is 1. The van der Waals surface area contributed by atoms with Crippen LogP contribution in [0, 0.1) is 12.8 Å². The van der Waals surface area contributed by atoms with Crippen molar-refractivity contribution in [3.05, 3.63) is 22.7 Å². The first-order valence-corrected chi connectivity index (χ1v) is 9.52. The number of carbonyl (C=O) groups is 1. The Labute approximate surface area is 136 Å². The molecule has 2 N–H and O–H groups in total. The summed E-state index contributed by atoms with van der Waals surface area (Å²) in [5.74, 6) is -0.610. The highest BCUT2D eigenvalue weighted by Gasteiger charge is 2.34. The van der Waals surface area contributed by atoms with E-state index in [0.717, 1.165) is 15.8 Å². The molecule has 9 heteroatoms. The zero-order valence-electron chi connectivity index (χ0n) is 11.7. The number of sulfonamides is 1. The molecule has 2 heterocycles. The Bertz CT molecular complexity index is 863. The Morgan fingerprint density at radius 1 is 1.50 bits per heavy atom. The number of nitrogens with zero attached hydrogens (tertiary/aromatic N) is 2. The molecule has 22 heavy (non-hydrogen) atoms. The van der Waals surface area contributed by atoms with Crippen LogP contribution in [0.2, 0.25) is 5.02 Å². The van der Waals surface area contributed by atoms with Crippen molar-refractivity contribution in [2.24, 2.45) is 11.1 Å². The molecule has 0 spiro atoms. The lowest BCUT2D eigenvalue weighted by Gasteiger charge is -2.12. The molecule has 1 aliphatic heterocycles. The van der Waals surface area contributed by atoms with Crippen molar-refractivity contribution in [3.63, 3.8) is 0 Å². The van der Waals surface area contributed by atoms with E-state index in [-0.39, 0.29) is 24.0 Å². The first-order chi connectivity index (χ1) is 10.2. The van der Waals surface area contributed by atoms with Crippen LogP contribution >= 0.6 is 22.9 Å². The van der Waals surface area contributed by atoms with Crippen LogP contribution in [0.4, 0.5) is 5.13 Å². The van der Waals surface area contributed by atoms with Gasteiger partial charge in [-0.25, -0.2) is 18.5 Å². The molecule has 1 amide bonds. The summed E-state index contributed by atoms with van der Waals surface area (Å²) >= 11 is 7.48. The van der Waals surface area contributed by atoms with E-state index < -0.39 is 10.0 Å². The average molecular weight is 360 g/mol. The molecule has 1 atom stereocenters. The van der Waals surface area contributed by atoms with Gasteiger partial charge in [0.2, 0.25) is 15.9 Å². The van der Waals surface area contributed by atoms with Crippen LogP contribution in [-0.2, 0) is 14.8 Å². The summed E-state index contributed by atoms with van der Waals surface area (Å²) in [5, 5.41) is 6.26. The smallest absolute Gasteiger partial charge is 0.229 e. The van der Waals surface area contributed by atoms with Crippen LogP contribution in [0.1, 0.15) is 12.0 Å². The molecule has 0 radical (unpaired) electrons. The summed E-state index contributed by atoms with van der Waals surface area (Å²) in [7, 11) is -3.59. The number of amides is 1. The summed E-state index contributed by atoms with van der Waals surface area (Å²) in [6.07, 6.45) is 0.173. The van der Waals surface area contributed by atoms with E-state index in [9.17, 15) is 13.2 Å². The Kier molecular flexibility index (Phi) is 3.88. The van der Waals surface area contributed by atoms with E-state index in [2.05, 4.69) is 4.98 Å². The molecule has 3 rings (SSSR count). The molecular formula is C13H14ClN3O3S2. The van der Waals surface area contributed by atoms with Crippen LogP contribution < -0.4 is 10.0 Å². The first-order valence-electron chi connectivity index (χ1n) is 6.61. The number of halogens is 1. The first kappa shape index (κ1) is 15.7. The quantitative estimate of drug-likeness (QED) is 0.905. The summed E-state index contributed by atoms with van der Waals surface area (Å²) in [6, 6.07) is 3.67. The van der Waals surface area contributed by atoms with Gasteiger partial charge in [-0.1, -0.05) is 22.9 Å². The molecule has 1 aromatic carbocycles. The number of rotatable bonds is 3. The molecule has 1 saturated heterocycles. The van der Waals surface area contributed by atoms with Gasteiger partial charge in [0.05, 0.1) is 16.0 Å². The minimum absolute atomic E-state index is 0.128. The number of thiazole rings is 1. The van der Waals surface area contributed by atoms with Gasteiger partial charge in [0.25, 0.3) is 0 Å². The van der Waals surface area contributed by atoms with Crippen molar-refractivity contribution < 1.29 is 13.2 Å². The van der Waals surface area contributed by atoms with Gasteiger partial charge in [-0.2, -0.15) is 0 Å². The molecule has 6 nitrogen and oxygen atoms in total. The molecular weight excluding hydrogens is 346 g/mol. The van der Waals surface area contributed by atoms with Crippen molar-refractivity contribution in [1.82, 2.24) is 4.98 Å². The van der Waals surface area contributed by atoms with E-state index in [1.165, 1.54) is 16.2 Å². The summed E-state index contributed by atoms with van der Waals surface area (Å²) in [6.45, 7) is 2.20. The fourth-order valence-electron chi connectivity index (χ4n) is 2.61. The molecule has 1 aromatic heterocycles. The largest absolute Gasteiger partial charge is 0.288 e. The third kappa shape index (κ3) is 2.96. The van der Waals surface area contributed by atoms with Crippen molar-refractivity contribution in [2.75, 3.05) is 17.2 Å². The van der Waals surface area contributed by atoms with E-state index in [4.69, 9.17) is 16.7 Å². The number of benzene rings is 1. The lowest BCUT2D eigenvalue weighted by molar-refractivity contribution is -0.117. The Hall–Kier alpha value is -1.22. The van der Waals surface area contributed by atoms with Gasteiger partial charge in [-0.3, -0.25) is 9.69 Å². The predicted octanol–water partition coefficient (Wildman–Crippen LogP) is 1.90. The van der Waals surface area contributed by atoms with Crippen LogP contribution in [0.3, 0.4) is 0 Å². The lowest BCUT2D eigenvalue weighted by Crippen LogP contribution is -2.27. The Morgan fingerprint density at radius 2 is 2.23 bits per heavy atom. The number of hydrogen-bond donors (Lipinski definition) is 1. The highest BCUT2D eigenvalue weighted by atomic mass is 35.5. The molecule has 0 bridgehead atoms. The van der Waals surface area contributed by atoms with Crippen LogP contribution in [0.25, 0.3) is 10.2 Å². The van der Waals surface area contributed by atoms with Crippen LogP contribution in [-0.4, -0.2) is 31.6 Å². The zero-order chi connectivity index (χ0) is 16.1. The van der Waals surface area contributed by atoms with Gasteiger partial charge in [-0.05, 0) is 24.6 Å². The fourth-order valence-corrected chi connectivity index (χ4v) is 4.70. The maximum absolute atomic E-state index is 12.1. The van der Waals surface area contributed by atoms with E-state index in [1.54, 1.807) is 6.07 Å². The van der Waals surface area contributed by atoms with Crippen molar-refractivity contribution in [2.45, 2.75) is 13.3 Å². The Morgan fingerprint density at radius 3 is 2.91 bits per heavy atom. The third-order valence-corrected chi connectivity index (χ3v) is 6.03. The third-order valence-electron chi connectivity index (χ3n) is 3.64. The second kappa shape index (κ2) is 5.45. The standard InChI is InChI=1S/C13H14ClN3O3S2/c1-7-9(14)2-3-10-12(7)16-13(21-10)17-5-8(4-11(17)18)6-22(15,19)20/h2-3,8H,4-6H2,1H3,(H2,15,19,20). The van der Waals surface area contributed by atoms with Gasteiger partial charge in [0.1, 0.15) is 0 Å². The van der Waals surface area contributed by atoms with Gasteiger partial charge in [0, 0.05) is 23.9 Å². The van der Waals surface area contributed by atoms with Crippen molar-refractivity contribution >= 4 is 54.2 Å². The number of hydrogen-bond acceptors (Lipinski definition) is 5. The molecule has 2 aromatic rings. The van der Waals surface area contributed by atoms with Gasteiger partial charge in [-0.15, -0.1) is 0 Å². The van der Waals surface area contributed by atoms with Gasteiger partial charge >= 0.3 is 0 Å². The maximum Gasteiger partial charge on any atom is 0.229 e. The number of primary sulfonamides is 1. The maximum atomic E-state index is 12.1. The SMILES string of the molecule is Cc1c(Cl)ccc2sc(N3CC(CS(N)(=O)=O)CC3=O)nc12. The van der Waals surface area contributed by atoms with E-state index in [0.29, 0.717) is 16.7 Å². The molecule has 1 fully saturated rings. The number of carbonyl (C=O) groups excluding carboxylic acids is 1. The lowest BCUT2D eigenvalue weighted by atomic mass is 10.1. The van der Waals surface area contributed by atoms with Crippen molar-refractivity contribution in [3.8, 4) is 0 Å². The number of nitrogens with two attached hydrogens (primary N) is 1. The highest BCUT2D eigenvalue weighted by molar-refractivity contribution is 7.89. The minimum atomic E-state index is -3.59. The zero-order valence-corrected chi connectivity index (χ0v) is 14.1.